The number of fused-ring (bicyclic) bond motifs is 2. The van der Waals surface area contributed by atoms with E-state index in [1.165, 1.54) is 0 Å². The molecule has 6 nitrogen and oxygen atoms in total. The Morgan fingerprint density at radius 1 is 1.03 bits per heavy atom. The van der Waals surface area contributed by atoms with Crippen LogP contribution in [0.15, 0.2) is 42.5 Å². The summed E-state index contributed by atoms with van der Waals surface area (Å²) in [5.41, 5.74) is 2.52. The van der Waals surface area contributed by atoms with Crippen molar-refractivity contribution in [3.63, 3.8) is 0 Å². The number of hydrogen-bond acceptors (Lipinski definition) is 4. The molecule has 2 aromatic rings. The molecule has 3 atom stereocenters. The van der Waals surface area contributed by atoms with Crippen LogP contribution in [-0.4, -0.2) is 37.2 Å². The second-order valence-electron chi connectivity index (χ2n) is 8.35. The third-order valence-electron chi connectivity index (χ3n) is 6.28. The molecule has 2 aromatic carbocycles. The molecule has 0 aromatic heterocycles. The summed E-state index contributed by atoms with van der Waals surface area (Å²) in [4.78, 5) is 25.3. The molecule has 0 aliphatic carbocycles. The van der Waals surface area contributed by atoms with Gasteiger partial charge >= 0.3 is 6.18 Å². The average molecular weight is 446 g/mol. The van der Waals surface area contributed by atoms with E-state index >= 15 is 0 Å². The van der Waals surface area contributed by atoms with Crippen molar-refractivity contribution in [1.29, 1.82) is 0 Å². The van der Waals surface area contributed by atoms with E-state index < -0.39 is 36.0 Å². The highest BCUT2D eigenvalue weighted by molar-refractivity contribution is 6.01. The molecule has 168 valence electrons. The fourth-order valence-corrected chi connectivity index (χ4v) is 4.37. The van der Waals surface area contributed by atoms with Crippen LogP contribution in [0.2, 0.25) is 0 Å². The topological polar surface area (TPSA) is 76.7 Å². The molecule has 32 heavy (non-hydrogen) atoms. The number of nitrogens with one attached hydrogen (secondary N) is 2. The van der Waals surface area contributed by atoms with E-state index in [0.29, 0.717) is 24.7 Å². The number of piperidine rings is 1. The van der Waals surface area contributed by atoms with Crippen molar-refractivity contribution in [2.45, 2.75) is 37.0 Å². The van der Waals surface area contributed by atoms with Crippen molar-refractivity contribution in [3.05, 3.63) is 59.2 Å². The standard InChI is InChI=1S/C23H21F3N2O4/c24-23(25,26)19-8-6-15(21(29)27-19)22(30)28-20-14-3-1-2-4-17(14)32-18-7-5-12(9-16(18)20)13-10-31-11-13/h1-5,7,9,13,15,19-20H,6,8,10-11H2,(H,27,29)(H,28,30). The summed E-state index contributed by atoms with van der Waals surface area (Å²) in [6.45, 7) is 1.24. The summed E-state index contributed by atoms with van der Waals surface area (Å²) in [5.74, 6) is -1.27. The van der Waals surface area contributed by atoms with Gasteiger partial charge in [0.05, 0.1) is 19.3 Å². The first-order valence-electron chi connectivity index (χ1n) is 10.5. The van der Waals surface area contributed by atoms with Gasteiger partial charge in [-0.2, -0.15) is 13.2 Å². The van der Waals surface area contributed by atoms with E-state index in [-0.39, 0.29) is 18.8 Å². The predicted octanol–water partition coefficient (Wildman–Crippen LogP) is 3.57. The third kappa shape index (κ3) is 3.70. The van der Waals surface area contributed by atoms with Crippen LogP contribution in [0.5, 0.6) is 11.5 Å². The summed E-state index contributed by atoms with van der Waals surface area (Å²) in [5, 5.41) is 4.83. The minimum atomic E-state index is -4.53. The molecule has 2 fully saturated rings. The molecular weight excluding hydrogens is 425 g/mol. The normalized spacial score (nSPS) is 25.0. The fourth-order valence-electron chi connectivity index (χ4n) is 4.37. The SMILES string of the molecule is O=C(NC1c2ccccc2Oc2ccc(C3COC3)cc21)C1CCC(C(F)(F)F)NC1=O. The Morgan fingerprint density at radius 2 is 1.78 bits per heavy atom. The number of para-hydroxylation sites is 1. The first-order chi connectivity index (χ1) is 15.3. The quantitative estimate of drug-likeness (QED) is 0.707. The molecular formula is C23H21F3N2O4. The Bertz CT molecular complexity index is 1070. The smallest absolute Gasteiger partial charge is 0.408 e. The van der Waals surface area contributed by atoms with Gasteiger partial charge in [0.15, 0.2) is 0 Å². The molecule has 9 heteroatoms. The molecule has 3 aliphatic rings. The lowest BCUT2D eigenvalue weighted by atomic mass is 9.88. The molecule has 3 unspecified atom stereocenters. The average Bonchev–Trinajstić information content (AvgIpc) is 2.71. The number of ether oxygens (including phenoxy) is 2. The molecule has 0 bridgehead atoms. The maximum Gasteiger partial charge on any atom is 0.408 e. The Labute approximate surface area is 182 Å². The van der Waals surface area contributed by atoms with E-state index in [1.54, 1.807) is 6.07 Å². The Balaban J connectivity index is 1.42. The van der Waals surface area contributed by atoms with E-state index in [4.69, 9.17) is 9.47 Å². The van der Waals surface area contributed by atoms with E-state index in [0.717, 1.165) is 16.7 Å². The lowest BCUT2D eigenvalue weighted by molar-refractivity contribution is -0.171. The highest BCUT2D eigenvalue weighted by Gasteiger charge is 2.46. The number of carbonyl (C=O) groups is 2. The van der Waals surface area contributed by atoms with Gasteiger partial charge in [-0.05, 0) is 36.6 Å². The molecule has 0 spiro atoms. The van der Waals surface area contributed by atoms with Crippen molar-refractivity contribution in [3.8, 4) is 11.5 Å². The van der Waals surface area contributed by atoms with Crippen molar-refractivity contribution in [2.24, 2.45) is 5.92 Å². The maximum absolute atomic E-state index is 13.0. The zero-order chi connectivity index (χ0) is 22.5. The second-order valence-corrected chi connectivity index (χ2v) is 8.35. The zero-order valence-electron chi connectivity index (χ0n) is 16.9. The Kier molecular flexibility index (Phi) is 5.08. The number of amides is 2. The summed E-state index contributed by atoms with van der Waals surface area (Å²) in [6, 6.07) is 10.5. The van der Waals surface area contributed by atoms with Crippen LogP contribution in [-0.2, 0) is 14.3 Å². The minimum absolute atomic E-state index is 0.168. The summed E-state index contributed by atoms with van der Waals surface area (Å²) in [7, 11) is 0. The molecule has 5 rings (SSSR count). The van der Waals surface area contributed by atoms with E-state index in [1.807, 2.05) is 41.7 Å². The first-order valence-corrected chi connectivity index (χ1v) is 10.5. The largest absolute Gasteiger partial charge is 0.457 e. The lowest BCUT2D eigenvalue weighted by Crippen LogP contribution is -2.54. The monoisotopic (exact) mass is 446 g/mol. The van der Waals surface area contributed by atoms with Crippen LogP contribution in [0.4, 0.5) is 13.2 Å². The summed E-state index contributed by atoms with van der Waals surface area (Å²) < 4.78 is 50.1. The van der Waals surface area contributed by atoms with Gasteiger partial charge in [0.25, 0.3) is 0 Å². The summed E-state index contributed by atoms with van der Waals surface area (Å²) >= 11 is 0. The van der Waals surface area contributed by atoms with Crippen molar-refractivity contribution < 1.29 is 32.2 Å². The molecule has 2 N–H and O–H groups in total. The van der Waals surface area contributed by atoms with Crippen LogP contribution >= 0.6 is 0 Å². The van der Waals surface area contributed by atoms with Gasteiger partial charge in [-0.3, -0.25) is 9.59 Å². The number of rotatable bonds is 3. The number of carbonyl (C=O) groups excluding carboxylic acids is 2. The third-order valence-corrected chi connectivity index (χ3v) is 6.28. The van der Waals surface area contributed by atoms with Crippen LogP contribution in [0.3, 0.4) is 0 Å². The Morgan fingerprint density at radius 3 is 2.47 bits per heavy atom. The van der Waals surface area contributed by atoms with Gasteiger partial charge in [-0.1, -0.05) is 24.3 Å². The van der Waals surface area contributed by atoms with Crippen LogP contribution in [0.25, 0.3) is 0 Å². The fraction of sp³-hybridized carbons (Fsp3) is 0.391. The maximum atomic E-state index is 13.0. The summed E-state index contributed by atoms with van der Waals surface area (Å²) in [6.07, 6.45) is -5.03. The number of hydrogen-bond donors (Lipinski definition) is 2. The van der Waals surface area contributed by atoms with Crippen LogP contribution in [0, 0.1) is 5.92 Å². The molecule has 3 aliphatic heterocycles. The molecule has 0 radical (unpaired) electrons. The number of alkyl halides is 3. The first kappa shape index (κ1) is 20.8. The van der Waals surface area contributed by atoms with Crippen LogP contribution < -0.4 is 15.4 Å². The molecule has 2 saturated heterocycles. The Hall–Kier alpha value is -3.07. The lowest BCUT2D eigenvalue weighted by Gasteiger charge is -2.34. The van der Waals surface area contributed by atoms with Crippen molar-refractivity contribution >= 4 is 11.8 Å². The minimum Gasteiger partial charge on any atom is -0.457 e. The van der Waals surface area contributed by atoms with Gasteiger partial charge in [-0.25, -0.2) is 0 Å². The van der Waals surface area contributed by atoms with Gasteiger partial charge in [0, 0.05) is 17.0 Å². The van der Waals surface area contributed by atoms with Gasteiger partial charge in [-0.15, -0.1) is 0 Å². The molecule has 0 saturated carbocycles. The van der Waals surface area contributed by atoms with Crippen molar-refractivity contribution in [2.75, 3.05) is 13.2 Å². The van der Waals surface area contributed by atoms with E-state index in [9.17, 15) is 22.8 Å². The van der Waals surface area contributed by atoms with Crippen molar-refractivity contribution in [1.82, 2.24) is 10.6 Å². The predicted molar refractivity (Wildman–Crippen MR) is 107 cm³/mol. The van der Waals surface area contributed by atoms with E-state index in [2.05, 4.69) is 5.32 Å². The van der Waals surface area contributed by atoms with Gasteiger partial charge < -0.3 is 20.1 Å². The zero-order valence-corrected chi connectivity index (χ0v) is 16.9. The molecule has 3 heterocycles. The highest BCUT2D eigenvalue weighted by atomic mass is 19.4. The number of halogens is 3. The van der Waals surface area contributed by atoms with Gasteiger partial charge in [0.1, 0.15) is 23.5 Å². The van der Waals surface area contributed by atoms with Crippen LogP contribution in [0.1, 0.15) is 41.5 Å². The number of benzene rings is 2. The van der Waals surface area contributed by atoms with Gasteiger partial charge in [0.2, 0.25) is 11.8 Å². The second kappa shape index (κ2) is 7.81. The highest BCUT2D eigenvalue weighted by Crippen LogP contribution is 2.44. The molecule has 2 amide bonds.